The number of alkyl carbamates (subject to hydrolysis) is 1. The van der Waals surface area contributed by atoms with Gasteiger partial charge in [-0.1, -0.05) is 56.0 Å². The largest absolute Gasteiger partial charge is 0.554 e. The van der Waals surface area contributed by atoms with E-state index in [1.165, 1.54) is 6.42 Å². The molecular weight excluding hydrogens is 376 g/mol. The molecule has 0 aliphatic heterocycles. The highest BCUT2D eigenvalue weighted by Crippen LogP contribution is 2.18. The second-order valence-electron chi connectivity index (χ2n) is 7.28. The molecule has 2 aliphatic rings. The van der Waals surface area contributed by atoms with Crippen LogP contribution in [0.4, 0.5) is 4.79 Å². The number of carbonyl (C=O) groups excluding carboxylic acids is 2. The summed E-state index contributed by atoms with van der Waals surface area (Å²) in [5.74, 6) is 0. The Kier molecular flexibility index (Phi) is 12.7. The van der Waals surface area contributed by atoms with Crippen LogP contribution in [0.1, 0.15) is 56.9 Å². The monoisotopic (exact) mass is 409 g/mol. The fraction of sp³-hybridized carbons (Fsp3) is 0.619. The third-order valence-corrected chi connectivity index (χ3v) is 5.03. The Bertz CT molecular complexity index is 562. The summed E-state index contributed by atoms with van der Waals surface area (Å²) in [5.41, 5.74) is 6.48. The van der Waals surface area contributed by atoms with E-state index >= 15 is 0 Å². The molecule has 0 unspecified atom stereocenters. The van der Waals surface area contributed by atoms with Gasteiger partial charge >= 0.3 is 6.09 Å². The van der Waals surface area contributed by atoms with Crippen molar-refractivity contribution in [3.05, 3.63) is 35.9 Å². The van der Waals surface area contributed by atoms with E-state index in [2.05, 4.69) is 5.32 Å². The molecule has 8 nitrogen and oxygen atoms in total. The van der Waals surface area contributed by atoms with Crippen molar-refractivity contribution in [1.29, 1.82) is 0 Å². The van der Waals surface area contributed by atoms with Gasteiger partial charge in [-0.05, 0) is 31.2 Å². The first-order valence-corrected chi connectivity index (χ1v) is 10.1. The molecule has 8 heteroatoms. The van der Waals surface area contributed by atoms with E-state index in [1.54, 1.807) is 0 Å². The maximum atomic E-state index is 11.6. The third kappa shape index (κ3) is 10.8. The smallest absolute Gasteiger partial charge is 0.407 e. The zero-order valence-corrected chi connectivity index (χ0v) is 16.7. The number of nitrogens with two attached hydrogens (primary N) is 1. The number of aliphatic hydroxyl groups excluding tert-OH is 2. The fourth-order valence-corrected chi connectivity index (χ4v) is 3.34. The minimum Gasteiger partial charge on any atom is -0.554 e. The molecule has 2 saturated carbocycles. The van der Waals surface area contributed by atoms with E-state index in [0.29, 0.717) is 0 Å². The number of nitrogens with one attached hydrogen (secondary N) is 1. The third-order valence-electron chi connectivity index (χ3n) is 5.03. The molecule has 0 saturated heterocycles. The number of rotatable bonds is 3. The highest BCUT2D eigenvalue weighted by molar-refractivity contribution is 5.67. The van der Waals surface area contributed by atoms with Crippen LogP contribution in [0.25, 0.3) is 0 Å². The zero-order valence-electron chi connectivity index (χ0n) is 16.7. The Labute approximate surface area is 172 Å². The summed E-state index contributed by atoms with van der Waals surface area (Å²) >= 11 is 0. The van der Waals surface area contributed by atoms with E-state index in [1.807, 2.05) is 30.3 Å². The number of aliphatic hydroxyl groups is 2. The molecule has 1 aromatic rings. The van der Waals surface area contributed by atoms with Gasteiger partial charge in [0.1, 0.15) is 6.61 Å². The number of hydrogen-bond acceptors (Lipinski definition) is 7. The number of ether oxygens (including phenoxy) is 1. The fourth-order valence-electron chi connectivity index (χ4n) is 3.34. The lowest BCUT2D eigenvalue weighted by Crippen LogP contribution is -2.45. The first-order chi connectivity index (χ1) is 14.0. The summed E-state index contributed by atoms with van der Waals surface area (Å²) in [6, 6.07) is 9.43. The summed E-state index contributed by atoms with van der Waals surface area (Å²) in [5, 5.41) is 29.8. The van der Waals surface area contributed by atoms with Crippen LogP contribution in [0.15, 0.2) is 30.3 Å². The Morgan fingerprint density at radius 1 is 1.07 bits per heavy atom. The van der Waals surface area contributed by atoms with E-state index in [4.69, 9.17) is 25.5 Å². The second kappa shape index (κ2) is 14.8. The molecule has 0 spiro atoms. The van der Waals surface area contributed by atoms with Crippen LogP contribution in [0.5, 0.6) is 0 Å². The van der Waals surface area contributed by atoms with Gasteiger partial charge in [0.2, 0.25) is 0 Å². The summed E-state index contributed by atoms with van der Waals surface area (Å²) < 4.78 is 5.12. The average molecular weight is 410 g/mol. The zero-order chi connectivity index (χ0) is 21.5. The van der Waals surface area contributed by atoms with Crippen molar-refractivity contribution >= 4 is 12.6 Å². The minimum absolute atomic E-state index is 0.0590. The molecule has 164 valence electrons. The van der Waals surface area contributed by atoms with Crippen molar-refractivity contribution in [2.75, 3.05) is 0 Å². The minimum atomic E-state index is -0.500. The summed E-state index contributed by atoms with van der Waals surface area (Å²) in [7, 11) is 0. The molecule has 4 atom stereocenters. The maximum Gasteiger partial charge on any atom is 0.407 e. The molecule has 29 heavy (non-hydrogen) atoms. The normalized spacial score (nSPS) is 25.9. The first kappa shape index (κ1) is 24.9. The highest BCUT2D eigenvalue weighted by Gasteiger charge is 2.24. The SMILES string of the molecule is N[C@@H]1CCCC[C@@H]1O.O=C(N[C@@H]1CCCC[C@@H]1O)OCc1ccccc1.O=C[O-]. The van der Waals surface area contributed by atoms with Gasteiger partial charge < -0.3 is 35.9 Å². The molecule has 5 N–H and O–H groups in total. The topological polar surface area (TPSA) is 145 Å². The van der Waals surface area contributed by atoms with Crippen molar-refractivity contribution < 1.29 is 29.6 Å². The van der Waals surface area contributed by atoms with Crippen LogP contribution in [0.3, 0.4) is 0 Å². The quantitative estimate of drug-likeness (QED) is 0.541. The van der Waals surface area contributed by atoms with Crippen molar-refractivity contribution in [3.63, 3.8) is 0 Å². The Balaban J connectivity index is 0.000000317. The Hall–Kier alpha value is -2.16. The Morgan fingerprint density at radius 3 is 2.14 bits per heavy atom. The molecule has 0 bridgehead atoms. The van der Waals surface area contributed by atoms with Crippen LogP contribution in [0.2, 0.25) is 0 Å². The molecule has 2 aliphatic carbocycles. The van der Waals surface area contributed by atoms with Gasteiger partial charge in [0.15, 0.2) is 0 Å². The molecule has 0 heterocycles. The summed E-state index contributed by atoms with van der Waals surface area (Å²) in [6.07, 6.45) is 6.77. The van der Waals surface area contributed by atoms with E-state index in [-0.39, 0.29) is 24.8 Å². The molecular formula is C21H33N2O6-. The van der Waals surface area contributed by atoms with E-state index < -0.39 is 18.7 Å². The number of carbonyl (C=O) groups is 2. The summed E-state index contributed by atoms with van der Waals surface area (Å²) in [6.45, 7) is -0.241. The second-order valence-corrected chi connectivity index (χ2v) is 7.28. The maximum absolute atomic E-state index is 11.6. The van der Waals surface area contributed by atoms with Gasteiger partial charge in [-0.15, -0.1) is 0 Å². The lowest BCUT2D eigenvalue weighted by molar-refractivity contribution is -0.283. The van der Waals surface area contributed by atoms with Crippen molar-refractivity contribution in [1.82, 2.24) is 5.32 Å². The van der Waals surface area contributed by atoms with Crippen LogP contribution in [0, 0.1) is 0 Å². The van der Waals surface area contributed by atoms with Gasteiger partial charge in [0.05, 0.1) is 18.2 Å². The first-order valence-electron chi connectivity index (χ1n) is 10.1. The molecule has 1 aromatic carbocycles. The molecule has 3 rings (SSSR count). The number of amides is 1. The highest BCUT2D eigenvalue weighted by atomic mass is 16.5. The number of hydrogen-bond donors (Lipinski definition) is 4. The van der Waals surface area contributed by atoms with Crippen molar-refractivity contribution in [2.45, 2.75) is 82.3 Å². The van der Waals surface area contributed by atoms with Crippen LogP contribution >= 0.6 is 0 Å². The molecule has 1 amide bonds. The van der Waals surface area contributed by atoms with Crippen molar-refractivity contribution in [2.24, 2.45) is 5.73 Å². The number of carboxylic acid groups (broad SMARTS) is 1. The standard InChI is InChI=1S/C14H19NO3.C6H13NO.CH2O2/c16-13-9-5-4-8-12(13)15-14(17)18-10-11-6-2-1-3-7-11;7-5-3-1-2-4-6(5)8;2-1-3/h1-3,6-7,12-13,16H,4-5,8-10H2,(H,15,17);5-6,8H,1-4,7H2;1H,(H,2,3)/p-1/t12-,13+;5-,6+;/m11./s1. The molecule has 2 fully saturated rings. The van der Waals surface area contributed by atoms with Crippen LogP contribution in [-0.4, -0.2) is 47.1 Å². The van der Waals surface area contributed by atoms with Gasteiger partial charge in [0.25, 0.3) is 0 Å². The van der Waals surface area contributed by atoms with Gasteiger partial charge in [-0.3, -0.25) is 0 Å². The van der Waals surface area contributed by atoms with E-state index in [9.17, 15) is 9.90 Å². The van der Waals surface area contributed by atoms with Crippen LogP contribution < -0.4 is 16.2 Å². The summed E-state index contributed by atoms with van der Waals surface area (Å²) in [4.78, 5) is 19.8. The Morgan fingerprint density at radius 2 is 1.62 bits per heavy atom. The van der Waals surface area contributed by atoms with Gasteiger partial charge in [-0.25, -0.2) is 4.79 Å². The molecule has 0 radical (unpaired) electrons. The van der Waals surface area contributed by atoms with Gasteiger partial charge in [-0.2, -0.15) is 0 Å². The van der Waals surface area contributed by atoms with Crippen LogP contribution in [-0.2, 0) is 16.1 Å². The lowest BCUT2D eigenvalue weighted by atomic mass is 9.93. The van der Waals surface area contributed by atoms with Crippen molar-refractivity contribution in [3.8, 4) is 0 Å². The predicted molar refractivity (Wildman–Crippen MR) is 107 cm³/mol. The van der Waals surface area contributed by atoms with E-state index in [0.717, 1.165) is 50.5 Å². The molecule has 0 aromatic heterocycles. The lowest BCUT2D eigenvalue weighted by Gasteiger charge is -2.27. The average Bonchev–Trinajstić information content (AvgIpc) is 2.72. The van der Waals surface area contributed by atoms with Gasteiger partial charge in [0, 0.05) is 12.5 Å². The predicted octanol–water partition coefficient (Wildman–Crippen LogP) is 0.831. The number of benzene rings is 1.